The first-order chi connectivity index (χ1) is 15.9. The van der Waals surface area contributed by atoms with Gasteiger partial charge >= 0.3 is 0 Å². The second-order valence-corrected chi connectivity index (χ2v) is 9.48. The van der Waals surface area contributed by atoms with Crippen LogP contribution in [0.15, 0.2) is 60.7 Å². The predicted octanol–water partition coefficient (Wildman–Crippen LogP) is 6.49. The van der Waals surface area contributed by atoms with Gasteiger partial charge in [0.25, 0.3) is 5.91 Å². The molecule has 1 heterocycles. The van der Waals surface area contributed by atoms with Crippen LogP contribution in [0, 0.1) is 6.92 Å². The summed E-state index contributed by atoms with van der Waals surface area (Å²) in [6.45, 7) is 6.00. The maximum atomic E-state index is 13.1. The third-order valence-corrected chi connectivity index (χ3v) is 6.62. The average molecular weight is 504 g/mol. The number of hydrogen-bond acceptors (Lipinski definition) is 3. The molecule has 0 spiro atoms. The van der Waals surface area contributed by atoms with E-state index in [4.69, 9.17) is 39.5 Å². The highest BCUT2D eigenvalue weighted by molar-refractivity contribution is 6.35. The van der Waals surface area contributed by atoms with Crippen molar-refractivity contribution >= 4 is 40.7 Å². The van der Waals surface area contributed by atoms with Crippen molar-refractivity contribution in [3.05, 3.63) is 98.0 Å². The Hall–Kier alpha value is -2.24. The van der Waals surface area contributed by atoms with Gasteiger partial charge in [-0.15, -0.1) is 0 Å². The average Bonchev–Trinajstić information content (AvgIpc) is 2.82. The Kier molecular flexibility index (Phi) is 7.82. The van der Waals surface area contributed by atoms with Gasteiger partial charge in [-0.3, -0.25) is 9.69 Å². The molecule has 0 unspecified atom stereocenters. The molecule has 172 valence electrons. The molecule has 1 amide bonds. The van der Waals surface area contributed by atoms with E-state index < -0.39 is 0 Å². The van der Waals surface area contributed by atoms with Gasteiger partial charge in [0.15, 0.2) is 0 Å². The van der Waals surface area contributed by atoms with Crippen LogP contribution >= 0.6 is 34.8 Å². The third kappa shape index (κ3) is 6.21. The molecule has 1 fully saturated rings. The molecule has 0 atom stereocenters. The summed E-state index contributed by atoms with van der Waals surface area (Å²) < 4.78 is 5.89. The molecule has 0 aromatic heterocycles. The maximum Gasteiger partial charge on any atom is 0.253 e. The van der Waals surface area contributed by atoms with Gasteiger partial charge in [-0.05, 0) is 60.0 Å². The summed E-state index contributed by atoms with van der Waals surface area (Å²) in [6.07, 6.45) is 0. The number of carbonyl (C=O) groups is 1. The smallest absolute Gasteiger partial charge is 0.253 e. The van der Waals surface area contributed by atoms with E-state index in [0.717, 1.165) is 36.3 Å². The summed E-state index contributed by atoms with van der Waals surface area (Å²) in [5.74, 6) is 0.680. The molecule has 7 heteroatoms. The van der Waals surface area contributed by atoms with Gasteiger partial charge < -0.3 is 9.64 Å². The Morgan fingerprint density at radius 3 is 2.45 bits per heavy atom. The SMILES string of the molecule is Cc1ccc(Cl)c(OCc2cccc(C(=O)N3CCN(Cc4ccc(Cl)cc4Cl)CC3)c2)c1. The predicted molar refractivity (Wildman–Crippen MR) is 135 cm³/mol. The minimum Gasteiger partial charge on any atom is -0.487 e. The van der Waals surface area contributed by atoms with E-state index in [2.05, 4.69) is 4.90 Å². The summed E-state index contributed by atoms with van der Waals surface area (Å²) in [5, 5.41) is 1.88. The van der Waals surface area contributed by atoms with Crippen LogP contribution in [0.1, 0.15) is 27.0 Å². The largest absolute Gasteiger partial charge is 0.487 e. The Balaban J connectivity index is 1.33. The van der Waals surface area contributed by atoms with Gasteiger partial charge in [0.2, 0.25) is 0 Å². The fourth-order valence-corrected chi connectivity index (χ4v) is 4.50. The highest BCUT2D eigenvalue weighted by atomic mass is 35.5. The molecule has 0 bridgehead atoms. The number of benzene rings is 3. The Labute approximate surface area is 209 Å². The highest BCUT2D eigenvalue weighted by Gasteiger charge is 2.23. The van der Waals surface area contributed by atoms with Gasteiger partial charge in [0.1, 0.15) is 12.4 Å². The van der Waals surface area contributed by atoms with E-state index >= 15 is 0 Å². The minimum absolute atomic E-state index is 0.0367. The number of amides is 1. The molecule has 0 radical (unpaired) electrons. The highest BCUT2D eigenvalue weighted by Crippen LogP contribution is 2.26. The number of carbonyl (C=O) groups excluding carboxylic acids is 1. The third-order valence-electron chi connectivity index (χ3n) is 5.72. The van der Waals surface area contributed by atoms with Crippen LogP contribution in [-0.4, -0.2) is 41.9 Å². The number of ether oxygens (including phenoxy) is 1. The second-order valence-electron chi connectivity index (χ2n) is 8.23. The first-order valence-corrected chi connectivity index (χ1v) is 12.0. The number of rotatable bonds is 6. The molecule has 1 aliphatic rings. The summed E-state index contributed by atoms with van der Waals surface area (Å²) in [6, 6.07) is 18.8. The van der Waals surface area contributed by atoms with E-state index in [-0.39, 0.29) is 5.91 Å². The van der Waals surface area contributed by atoms with E-state index in [1.807, 2.05) is 66.4 Å². The quantitative estimate of drug-likeness (QED) is 0.385. The van der Waals surface area contributed by atoms with Gasteiger partial charge in [-0.2, -0.15) is 0 Å². The van der Waals surface area contributed by atoms with Gasteiger partial charge in [-0.1, -0.05) is 59.1 Å². The summed E-state index contributed by atoms with van der Waals surface area (Å²) in [7, 11) is 0. The minimum atomic E-state index is 0.0367. The van der Waals surface area contributed by atoms with Crippen LogP contribution in [0.4, 0.5) is 0 Å². The van der Waals surface area contributed by atoms with Crippen molar-refractivity contribution in [2.75, 3.05) is 26.2 Å². The first-order valence-electron chi connectivity index (χ1n) is 10.8. The fourth-order valence-electron chi connectivity index (χ4n) is 3.86. The van der Waals surface area contributed by atoms with Crippen LogP contribution in [0.2, 0.25) is 15.1 Å². The number of nitrogens with zero attached hydrogens (tertiary/aromatic N) is 2. The lowest BCUT2D eigenvalue weighted by Gasteiger charge is -2.35. The lowest BCUT2D eigenvalue weighted by Crippen LogP contribution is -2.48. The molecule has 4 nitrogen and oxygen atoms in total. The van der Waals surface area contributed by atoms with Gasteiger partial charge in [0.05, 0.1) is 5.02 Å². The van der Waals surface area contributed by atoms with Crippen molar-refractivity contribution in [3.8, 4) is 5.75 Å². The molecule has 4 rings (SSSR count). The molecule has 0 saturated carbocycles. The molecule has 0 N–H and O–H groups in total. The number of aryl methyl sites for hydroxylation is 1. The Bertz CT molecular complexity index is 1140. The van der Waals surface area contributed by atoms with Crippen LogP contribution in [0.3, 0.4) is 0 Å². The number of piperazine rings is 1. The van der Waals surface area contributed by atoms with E-state index in [9.17, 15) is 4.79 Å². The number of hydrogen-bond donors (Lipinski definition) is 0. The van der Waals surface area contributed by atoms with Crippen molar-refractivity contribution in [3.63, 3.8) is 0 Å². The first kappa shape index (κ1) is 23.9. The van der Waals surface area contributed by atoms with Gasteiger partial charge in [-0.25, -0.2) is 0 Å². The van der Waals surface area contributed by atoms with Crippen LogP contribution in [0.25, 0.3) is 0 Å². The zero-order valence-corrected chi connectivity index (χ0v) is 20.6. The normalized spacial score (nSPS) is 14.4. The van der Waals surface area contributed by atoms with Crippen molar-refractivity contribution in [2.24, 2.45) is 0 Å². The molecule has 3 aromatic carbocycles. The summed E-state index contributed by atoms with van der Waals surface area (Å²) in [5.41, 5.74) is 3.72. The Morgan fingerprint density at radius 1 is 0.909 bits per heavy atom. The topological polar surface area (TPSA) is 32.8 Å². The molecule has 1 aliphatic heterocycles. The lowest BCUT2D eigenvalue weighted by atomic mass is 10.1. The monoisotopic (exact) mass is 502 g/mol. The fraction of sp³-hybridized carbons (Fsp3) is 0.269. The van der Waals surface area contributed by atoms with Crippen molar-refractivity contribution in [1.82, 2.24) is 9.80 Å². The van der Waals surface area contributed by atoms with Crippen molar-refractivity contribution in [2.45, 2.75) is 20.1 Å². The number of halogens is 3. The Morgan fingerprint density at radius 2 is 1.70 bits per heavy atom. The maximum absolute atomic E-state index is 13.1. The molecule has 0 aliphatic carbocycles. The van der Waals surface area contributed by atoms with E-state index in [1.165, 1.54) is 0 Å². The van der Waals surface area contributed by atoms with Crippen LogP contribution in [-0.2, 0) is 13.2 Å². The van der Waals surface area contributed by atoms with Crippen molar-refractivity contribution in [1.29, 1.82) is 0 Å². The molecular formula is C26H25Cl3N2O2. The molecule has 33 heavy (non-hydrogen) atoms. The summed E-state index contributed by atoms with van der Waals surface area (Å²) in [4.78, 5) is 17.3. The zero-order chi connectivity index (χ0) is 23.4. The zero-order valence-electron chi connectivity index (χ0n) is 18.4. The van der Waals surface area contributed by atoms with Crippen molar-refractivity contribution < 1.29 is 9.53 Å². The molecule has 1 saturated heterocycles. The second kappa shape index (κ2) is 10.8. The lowest BCUT2D eigenvalue weighted by molar-refractivity contribution is 0.0628. The molecule has 3 aromatic rings. The summed E-state index contributed by atoms with van der Waals surface area (Å²) >= 11 is 18.5. The van der Waals surface area contributed by atoms with E-state index in [1.54, 1.807) is 6.07 Å². The van der Waals surface area contributed by atoms with Crippen LogP contribution in [0.5, 0.6) is 5.75 Å². The van der Waals surface area contributed by atoms with E-state index in [0.29, 0.717) is 46.1 Å². The van der Waals surface area contributed by atoms with Crippen LogP contribution < -0.4 is 4.74 Å². The van der Waals surface area contributed by atoms with Gasteiger partial charge in [0, 0.05) is 48.3 Å². The standard InChI is InChI=1S/C26H25Cl3N2O2/c1-18-5-8-23(28)25(13-18)33-17-19-3-2-4-20(14-19)26(32)31-11-9-30(10-12-31)16-21-6-7-22(27)15-24(21)29/h2-8,13-15H,9-12,16-17H2,1H3. The molecular weight excluding hydrogens is 479 g/mol.